The topological polar surface area (TPSA) is 29.1 Å². The van der Waals surface area contributed by atoms with Crippen molar-refractivity contribution in [2.75, 3.05) is 0 Å². The number of nitrogens with one attached hydrogen (secondary N) is 1. The van der Waals surface area contributed by atoms with E-state index in [4.69, 9.17) is 0 Å². The van der Waals surface area contributed by atoms with Crippen molar-refractivity contribution in [2.45, 2.75) is 25.3 Å². The summed E-state index contributed by atoms with van der Waals surface area (Å²) in [6.45, 7) is 0.590. The molecule has 0 bridgehead atoms. The third-order valence-corrected chi connectivity index (χ3v) is 4.14. The van der Waals surface area contributed by atoms with Crippen LogP contribution in [0.4, 0.5) is 4.39 Å². The molecule has 2 aromatic rings. The van der Waals surface area contributed by atoms with Gasteiger partial charge in [-0.3, -0.25) is 4.79 Å². The van der Waals surface area contributed by atoms with Crippen LogP contribution in [0.2, 0.25) is 0 Å². The monoisotopic (exact) mass is 267 g/mol. The second-order valence-electron chi connectivity index (χ2n) is 5.53. The minimum Gasteiger partial charge on any atom is -0.348 e. The minimum absolute atomic E-state index is 0.0359. The second-order valence-corrected chi connectivity index (χ2v) is 5.53. The molecule has 0 saturated heterocycles. The fraction of sp³-hybridized carbons (Fsp3) is 0.235. The zero-order chi connectivity index (χ0) is 13.7. The van der Waals surface area contributed by atoms with E-state index in [0.717, 1.165) is 35.1 Å². The number of carbonyl (C=O) groups is 1. The molecule has 2 nitrogen and oxygen atoms in total. The van der Waals surface area contributed by atoms with Gasteiger partial charge in [-0.15, -0.1) is 0 Å². The van der Waals surface area contributed by atoms with Gasteiger partial charge in [-0.2, -0.15) is 0 Å². The van der Waals surface area contributed by atoms with Crippen LogP contribution in [-0.2, 0) is 6.54 Å². The summed E-state index contributed by atoms with van der Waals surface area (Å²) in [4.78, 5) is 11.8. The molecule has 2 aromatic carbocycles. The van der Waals surface area contributed by atoms with Crippen LogP contribution in [0.25, 0.3) is 11.1 Å². The van der Waals surface area contributed by atoms with Gasteiger partial charge in [-0.1, -0.05) is 24.3 Å². The Kier molecular flexibility index (Phi) is 2.43. The van der Waals surface area contributed by atoms with Crippen molar-refractivity contribution in [1.82, 2.24) is 5.32 Å². The lowest BCUT2D eigenvalue weighted by Crippen LogP contribution is -2.12. The molecule has 0 aromatic heterocycles. The Morgan fingerprint density at radius 1 is 1.10 bits per heavy atom. The summed E-state index contributed by atoms with van der Waals surface area (Å²) in [5.41, 5.74) is 4.40. The molecule has 1 fully saturated rings. The fourth-order valence-corrected chi connectivity index (χ4v) is 2.96. The predicted octanol–water partition coefficient (Wildman–Crippen LogP) is 3.61. The molecule has 20 heavy (non-hydrogen) atoms. The van der Waals surface area contributed by atoms with E-state index in [9.17, 15) is 9.18 Å². The van der Waals surface area contributed by atoms with E-state index in [1.807, 2.05) is 24.3 Å². The summed E-state index contributed by atoms with van der Waals surface area (Å²) in [5.74, 6) is 0.175. The number of benzene rings is 2. The van der Waals surface area contributed by atoms with Gasteiger partial charge in [0, 0.05) is 12.1 Å². The van der Waals surface area contributed by atoms with Gasteiger partial charge in [0.25, 0.3) is 5.91 Å². The van der Waals surface area contributed by atoms with Crippen LogP contribution in [0, 0.1) is 5.82 Å². The quantitative estimate of drug-likeness (QED) is 0.884. The largest absolute Gasteiger partial charge is 0.348 e. The summed E-state index contributed by atoms with van der Waals surface area (Å²) >= 11 is 0. The van der Waals surface area contributed by atoms with Crippen molar-refractivity contribution in [1.29, 1.82) is 0 Å². The number of amides is 1. The number of rotatable bonds is 2. The van der Waals surface area contributed by atoms with Gasteiger partial charge in [-0.05, 0) is 53.1 Å². The fourth-order valence-electron chi connectivity index (χ4n) is 2.96. The van der Waals surface area contributed by atoms with E-state index in [2.05, 4.69) is 5.32 Å². The van der Waals surface area contributed by atoms with Crippen molar-refractivity contribution < 1.29 is 9.18 Å². The molecule has 0 radical (unpaired) electrons. The standard InChI is InChI=1S/C17H14FNO/c18-15-3-1-2-13(16(15)10-4-5-10)11-6-7-12-9-19-17(20)14(12)8-11/h1-3,6-8,10H,4-5,9H2,(H,19,20). The molecular formula is C17H14FNO. The van der Waals surface area contributed by atoms with Gasteiger partial charge in [0.05, 0.1) is 0 Å². The number of halogens is 1. The zero-order valence-corrected chi connectivity index (χ0v) is 10.9. The minimum atomic E-state index is -0.130. The average Bonchev–Trinajstić information content (AvgIpc) is 3.23. The molecule has 100 valence electrons. The lowest BCUT2D eigenvalue weighted by atomic mass is 9.94. The number of hydrogen-bond donors (Lipinski definition) is 1. The highest BCUT2D eigenvalue weighted by atomic mass is 19.1. The Balaban J connectivity index is 1.88. The molecule has 1 amide bonds. The number of hydrogen-bond acceptors (Lipinski definition) is 1. The first-order chi connectivity index (χ1) is 9.74. The molecule has 0 atom stereocenters. The highest BCUT2D eigenvalue weighted by Crippen LogP contribution is 2.45. The van der Waals surface area contributed by atoms with Gasteiger partial charge < -0.3 is 5.32 Å². The molecule has 1 N–H and O–H groups in total. The Morgan fingerprint density at radius 2 is 1.95 bits per heavy atom. The first-order valence-electron chi connectivity index (χ1n) is 6.94. The van der Waals surface area contributed by atoms with Crippen LogP contribution in [0.3, 0.4) is 0 Å². The van der Waals surface area contributed by atoms with Crippen LogP contribution in [0.15, 0.2) is 36.4 Å². The maximum atomic E-state index is 14.1. The van der Waals surface area contributed by atoms with Gasteiger partial charge in [-0.25, -0.2) is 4.39 Å². The average molecular weight is 267 g/mol. The summed E-state index contributed by atoms with van der Waals surface area (Å²) in [6.07, 6.45) is 2.11. The van der Waals surface area contributed by atoms with E-state index in [1.54, 1.807) is 6.07 Å². The lowest BCUT2D eigenvalue weighted by Gasteiger charge is -2.11. The zero-order valence-electron chi connectivity index (χ0n) is 10.9. The van der Waals surface area contributed by atoms with Crippen LogP contribution >= 0.6 is 0 Å². The van der Waals surface area contributed by atoms with Gasteiger partial charge in [0.2, 0.25) is 0 Å². The van der Waals surface area contributed by atoms with E-state index in [0.29, 0.717) is 18.0 Å². The Labute approximate surface area is 116 Å². The van der Waals surface area contributed by atoms with E-state index in [1.165, 1.54) is 6.07 Å². The van der Waals surface area contributed by atoms with E-state index < -0.39 is 0 Å². The normalized spacial score (nSPS) is 16.9. The van der Waals surface area contributed by atoms with Crippen molar-refractivity contribution in [3.63, 3.8) is 0 Å². The van der Waals surface area contributed by atoms with Crippen LogP contribution in [-0.4, -0.2) is 5.91 Å². The maximum Gasteiger partial charge on any atom is 0.251 e. The second kappa shape index (κ2) is 4.17. The van der Waals surface area contributed by atoms with E-state index >= 15 is 0 Å². The highest BCUT2D eigenvalue weighted by Gasteiger charge is 2.29. The summed E-state index contributed by atoms with van der Waals surface area (Å²) < 4.78 is 14.1. The molecule has 0 unspecified atom stereocenters. The van der Waals surface area contributed by atoms with Crippen LogP contribution < -0.4 is 5.32 Å². The van der Waals surface area contributed by atoms with Crippen molar-refractivity contribution in [3.8, 4) is 11.1 Å². The SMILES string of the molecule is O=C1NCc2ccc(-c3cccc(F)c3C3CC3)cc21. The first-order valence-corrected chi connectivity index (χ1v) is 6.94. The number of carbonyl (C=O) groups excluding carboxylic acids is 1. The van der Waals surface area contributed by atoms with Crippen LogP contribution in [0.5, 0.6) is 0 Å². The Morgan fingerprint density at radius 3 is 2.75 bits per heavy atom. The highest BCUT2D eigenvalue weighted by molar-refractivity contribution is 5.99. The van der Waals surface area contributed by atoms with Gasteiger partial charge >= 0.3 is 0 Å². The lowest BCUT2D eigenvalue weighted by molar-refractivity contribution is 0.0966. The molecule has 4 rings (SSSR count). The molecule has 1 aliphatic heterocycles. The Bertz CT molecular complexity index is 719. The molecule has 3 heteroatoms. The molecule has 0 spiro atoms. The number of fused-ring (bicyclic) bond motifs is 1. The summed E-state index contributed by atoms with van der Waals surface area (Å²) in [7, 11) is 0. The van der Waals surface area contributed by atoms with Crippen molar-refractivity contribution in [2.24, 2.45) is 0 Å². The van der Waals surface area contributed by atoms with Crippen LogP contribution in [0.1, 0.15) is 40.2 Å². The summed E-state index contributed by atoms with van der Waals surface area (Å²) in [5, 5.41) is 2.81. The summed E-state index contributed by atoms with van der Waals surface area (Å²) in [6, 6.07) is 11.1. The first kappa shape index (κ1) is 11.6. The molecule has 1 aliphatic carbocycles. The molecular weight excluding hydrogens is 253 g/mol. The Hall–Kier alpha value is -2.16. The van der Waals surface area contributed by atoms with Gasteiger partial charge in [0.15, 0.2) is 0 Å². The predicted molar refractivity (Wildman–Crippen MR) is 75.0 cm³/mol. The third kappa shape index (κ3) is 1.73. The smallest absolute Gasteiger partial charge is 0.251 e. The van der Waals surface area contributed by atoms with Crippen molar-refractivity contribution >= 4 is 5.91 Å². The van der Waals surface area contributed by atoms with E-state index in [-0.39, 0.29) is 11.7 Å². The molecule has 1 heterocycles. The maximum absolute atomic E-state index is 14.1. The van der Waals surface area contributed by atoms with Gasteiger partial charge in [0.1, 0.15) is 5.82 Å². The molecule has 2 aliphatic rings. The molecule has 1 saturated carbocycles. The third-order valence-electron chi connectivity index (χ3n) is 4.14. The van der Waals surface area contributed by atoms with Crippen molar-refractivity contribution in [3.05, 3.63) is 58.9 Å².